The number of unbranched alkanes of at least 4 members (excludes halogenated alkanes) is 5. The van der Waals surface area contributed by atoms with Gasteiger partial charge in [-0.1, -0.05) is 71.4 Å². The second kappa shape index (κ2) is 14.5. The second-order valence-corrected chi connectivity index (χ2v) is 7.42. The molecule has 0 aliphatic rings. The molecule has 0 aromatic heterocycles. The third-order valence-electron chi connectivity index (χ3n) is 3.26. The lowest BCUT2D eigenvalue weighted by molar-refractivity contribution is -0.144. The van der Waals surface area contributed by atoms with E-state index in [0.29, 0.717) is 13.2 Å². The van der Waals surface area contributed by atoms with E-state index in [-0.39, 0.29) is 21.6 Å². The summed E-state index contributed by atoms with van der Waals surface area (Å²) in [5, 5.41) is 0. The molecule has 0 saturated heterocycles. The van der Waals surface area contributed by atoms with Gasteiger partial charge in [0.05, 0.1) is 13.2 Å². The summed E-state index contributed by atoms with van der Waals surface area (Å²) in [4.78, 5) is 22.4. The van der Waals surface area contributed by atoms with Gasteiger partial charge in [-0.3, -0.25) is 9.59 Å². The first-order valence-corrected chi connectivity index (χ1v) is 9.97. The third-order valence-corrected chi connectivity index (χ3v) is 5.30. The quantitative estimate of drug-likeness (QED) is 0.234. The lowest BCUT2D eigenvalue weighted by atomic mass is 10.1. The van der Waals surface area contributed by atoms with E-state index in [1.54, 1.807) is 0 Å². The second-order valence-electron chi connectivity index (χ2n) is 5.21. The molecule has 0 aliphatic heterocycles. The number of esters is 2. The monoisotopic (exact) mass is 442 g/mol. The van der Waals surface area contributed by atoms with E-state index >= 15 is 0 Å². The number of carbonyl (C=O) groups is 2. The minimum absolute atomic E-state index is 0.165. The van der Waals surface area contributed by atoms with Crippen LogP contribution in [-0.2, 0) is 19.1 Å². The van der Waals surface area contributed by atoms with Crippen LogP contribution < -0.4 is 0 Å². The fraction of sp³-hybridized carbons (Fsp3) is 0.875. The van der Waals surface area contributed by atoms with Crippen LogP contribution in [0.5, 0.6) is 0 Å². The Balaban J connectivity index is 3.31. The Hall–Kier alpha value is -0.100. The Morgan fingerprint density at radius 2 is 1.05 bits per heavy atom. The minimum atomic E-state index is -0.179. The topological polar surface area (TPSA) is 52.6 Å². The van der Waals surface area contributed by atoms with Crippen molar-refractivity contribution in [3.05, 3.63) is 0 Å². The maximum absolute atomic E-state index is 11.4. The van der Waals surface area contributed by atoms with Crippen molar-refractivity contribution in [2.24, 2.45) is 0 Å². The molecule has 0 bridgehead atoms. The smallest absolute Gasteiger partial charge is 0.319 e. The first kappa shape index (κ1) is 21.9. The highest BCUT2D eigenvalue weighted by Gasteiger charge is 2.13. The van der Waals surface area contributed by atoms with Crippen LogP contribution in [-0.4, -0.2) is 34.8 Å². The van der Waals surface area contributed by atoms with Gasteiger partial charge >= 0.3 is 11.9 Å². The zero-order valence-corrected chi connectivity index (χ0v) is 16.8. The zero-order chi connectivity index (χ0) is 16.8. The molecule has 130 valence electrons. The molecule has 0 saturated carbocycles. The normalized spacial score (nSPS) is 13.5. The molecular weight excluding hydrogens is 416 g/mol. The van der Waals surface area contributed by atoms with Gasteiger partial charge in [0, 0.05) is 0 Å². The molecule has 6 heteroatoms. The predicted octanol–water partition coefficient (Wildman–Crippen LogP) is 4.76. The summed E-state index contributed by atoms with van der Waals surface area (Å²) in [5.41, 5.74) is 0. The molecule has 0 aromatic rings. The van der Waals surface area contributed by atoms with Crippen molar-refractivity contribution in [3.8, 4) is 0 Å². The molecule has 0 N–H and O–H groups in total. The summed E-state index contributed by atoms with van der Waals surface area (Å²) in [7, 11) is 0. The molecule has 22 heavy (non-hydrogen) atoms. The van der Waals surface area contributed by atoms with Crippen LogP contribution in [0.4, 0.5) is 0 Å². The van der Waals surface area contributed by atoms with Crippen molar-refractivity contribution in [3.63, 3.8) is 0 Å². The van der Waals surface area contributed by atoms with Gasteiger partial charge in [-0.15, -0.1) is 0 Å². The molecule has 0 aliphatic carbocycles. The number of ether oxygens (including phenoxy) is 2. The minimum Gasteiger partial charge on any atom is -0.465 e. The van der Waals surface area contributed by atoms with Gasteiger partial charge in [0.2, 0.25) is 0 Å². The maximum atomic E-state index is 11.4. The average molecular weight is 444 g/mol. The Morgan fingerprint density at radius 1 is 0.727 bits per heavy atom. The molecule has 4 nitrogen and oxygen atoms in total. The first-order valence-electron chi connectivity index (χ1n) is 8.14. The predicted molar refractivity (Wildman–Crippen MR) is 95.6 cm³/mol. The number of alkyl halides is 2. The van der Waals surface area contributed by atoms with Crippen LogP contribution in [0.2, 0.25) is 0 Å². The summed E-state index contributed by atoms with van der Waals surface area (Å²) in [6, 6.07) is 0. The number of rotatable bonds is 13. The van der Waals surface area contributed by atoms with Crippen LogP contribution in [0.15, 0.2) is 0 Å². The SMILES string of the molecule is CCC(Br)C(=O)OCCCCCCCCOC(=O)C(Br)CC. The average Bonchev–Trinajstić information content (AvgIpc) is 2.54. The van der Waals surface area contributed by atoms with Gasteiger partial charge in [0.15, 0.2) is 0 Å². The van der Waals surface area contributed by atoms with E-state index in [2.05, 4.69) is 31.9 Å². The van der Waals surface area contributed by atoms with Gasteiger partial charge in [0.1, 0.15) is 9.65 Å². The summed E-state index contributed by atoms with van der Waals surface area (Å²) in [6.07, 6.45) is 7.67. The van der Waals surface area contributed by atoms with Gasteiger partial charge in [-0.2, -0.15) is 0 Å². The molecule has 2 atom stereocenters. The molecule has 0 radical (unpaired) electrons. The number of halogens is 2. The summed E-state index contributed by atoms with van der Waals surface area (Å²) < 4.78 is 10.3. The Morgan fingerprint density at radius 3 is 1.36 bits per heavy atom. The lowest BCUT2D eigenvalue weighted by Crippen LogP contribution is -2.17. The molecule has 0 spiro atoms. The maximum Gasteiger partial charge on any atom is 0.319 e. The van der Waals surface area contributed by atoms with E-state index in [1.165, 1.54) is 0 Å². The van der Waals surface area contributed by atoms with Crippen LogP contribution in [0.1, 0.15) is 65.2 Å². The van der Waals surface area contributed by atoms with E-state index in [1.807, 2.05) is 13.8 Å². The standard InChI is InChI=1S/C16H28Br2O4/c1-3-13(17)15(19)21-11-9-7-5-6-8-10-12-22-16(20)14(18)4-2/h13-14H,3-12H2,1-2H3. The summed E-state index contributed by atoms with van der Waals surface area (Å²) >= 11 is 6.54. The Labute approximate surface area is 150 Å². The third kappa shape index (κ3) is 11.5. The first-order chi connectivity index (χ1) is 10.5. The van der Waals surface area contributed by atoms with E-state index in [0.717, 1.165) is 51.4 Å². The number of hydrogen-bond acceptors (Lipinski definition) is 4. The van der Waals surface area contributed by atoms with Crippen molar-refractivity contribution in [2.75, 3.05) is 13.2 Å². The molecule has 0 rings (SSSR count). The molecular formula is C16H28Br2O4. The molecule has 0 aromatic carbocycles. The molecule has 0 amide bonds. The zero-order valence-electron chi connectivity index (χ0n) is 13.6. The highest BCUT2D eigenvalue weighted by atomic mass is 79.9. The van der Waals surface area contributed by atoms with Gasteiger partial charge in [-0.05, 0) is 25.7 Å². The van der Waals surface area contributed by atoms with Crippen molar-refractivity contribution < 1.29 is 19.1 Å². The van der Waals surface area contributed by atoms with Crippen molar-refractivity contribution >= 4 is 43.8 Å². The molecule has 2 unspecified atom stereocenters. The summed E-state index contributed by atoms with van der Waals surface area (Å²) in [6.45, 7) is 4.89. The van der Waals surface area contributed by atoms with Crippen molar-refractivity contribution in [1.29, 1.82) is 0 Å². The molecule has 0 fully saturated rings. The van der Waals surface area contributed by atoms with Gasteiger partial charge in [0.25, 0.3) is 0 Å². The van der Waals surface area contributed by atoms with Crippen LogP contribution in [0.25, 0.3) is 0 Å². The Kier molecular flexibility index (Phi) is 14.4. The fourth-order valence-electron chi connectivity index (χ4n) is 1.77. The highest BCUT2D eigenvalue weighted by Crippen LogP contribution is 2.10. The van der Waals surface area contributed by atoms with Crippen LogP contribution in [0.3, 0.4) is 0 Å². The fourth-order valence-corrected chi connectivity index (χ4v) is 2.04. The van der Waals surface area contributed by atoms with Crippen molar-refractivity contribution in [1.82, 2.24) is 0 Å². The number of hydrogen-bond donors (Lipinski definition) is 0. The number of carbonyl (C=O) groups excluding carboxylic acids is 2. The highest BCUT2D eigenvalue weighted by molar-refractivity contribution is 9.10. The lowest BCUT2D eigenvalue weighted by Gasteiger charge is -2.08. The summed E-state index contributed by atoms with van der Waals surface area (Å²) in [5.74, 6) is -0.331. The van der Waals surface area contributed by atoms with E-state index < -0.39 is 0 Å². The van der Waals surface area contributed by atoms with Gasteiger partial charge < -0.3 is 9.47 Å². The largest absolute Gasteiger partial charge is 0.465 e. The van der Waals surface area contributed by atoms with Crippen LogP contribution >= 0.6 is 31.9 Å². The Bertz CT molecular complexity index is 281. The van der Waals surface area contributed by atoms with E-state index in [4.69, 9.17) is 9.47 Å². The van der Waals surface area contributed by atoms with E-state index in [9.17, 15) is 9.59 Å². The van der Waals surface area contributed by atoms with Crippen LogP contribution in [0, 0.1) is 0 Å². The van der Waals surface area contributed by atoms with Gasteiger partial charge in [-0.25, -0.2) is 0 Å². The molecule has 0 heterocycles. The van der Waals surface area contributed by atoms with Crippen molar-refractivity contribution in [2.45, 2.75) is 74.9 Å².